The fourth-order valence-electron chi connectivity index (χ4n) is 3.41. The van der Waals surface area contributed by atoms with Crippen LogP contribution in [-0.4, -0.2) is 19.8 Å². The van der Waals surface area contributed by atoms with E-state index in [2.05, 4.69) is 10.1 Å². The maximum Gasteiger partial charge on any atom is 0.267 e. The lowest BCUT2D eigenvalue weighted by molar-refractivity contribution is 0.425. The number of nitrogens with zero attached hydrogens (tertiary/aromatic N) is 3. The molecule has 0 amide bonds. The number of halogens is 1. The topological polar surface area (TPSA) is 81.2 Å². The fraction of sp³-hybridized carbons (Fsp3) is 0.190. The van der Waals surface area contributed by atoms with E-state index in [0.29, 0.717) is 23.3 Å². The third-order valence-corrected chi connectivity index (χ3v) is 4.78. The lowest BCUT2D eigenvalue weighted by Crippen LogP contribution is -2.21. The smallest absolute Gasteiger partial charge is 0.267 e. The van der Waals surface area contributed by atoms with Crippen LogP contribution in [0.2, 0.25) is 0 Å². The molecule has 0 bridgehead atoms. The minimum atomic E-state index is -0.520. The summed E-state index contributed by atoms with van der Waals surface area (Å²) in [5.74, 6) is -0.545. The summed E-state index contributed by atoms with van der Waals surface area (Å²) >= 11 is 0. The Labute approximate surface area is 159 Å². The fourth-order valence-corrected chi connectivity index (χ4v) is 3.41. The van der Waals surface area contributed by atoms with Crippen molar-refractivity contribution in [1.29, 1.82) is 0 Å². The molecule has 0 atom stereocenters. The molecule has 2 aromatic heterocycles. The molecular weight excluding hydrogens is 361 g/mol. The number of aromatic hydroxyl groups is 1. The molecule has 6 nitrogen and oxygen atoms in total. The molecule has 0 aliphatic heterocycles. The van der Waals surface area contributed by atoms with E-state index in [9.17, 15) is 14.3 Å². The second kappa shape index (κ2) is 6.60. The molecule has 0 aliphatic rings. The van der Waals surface area contributed by atoms with E-state index in [-0.39, 0.29) is 17.2 Å². The molecule has 0 aliphatic carbocycles. The van der Waals surface area contributed by atoms with E-state index in [1.807, 2.05) is 32.0 Å². The third kappa shape index (κ3) is 2.76. The molecular formula is C21H18FN3O3. The Morgan fingerprint density at radius 2 is 1.96 bits per heavy atom. The molecule has 2 aromatic carbocycles. The average Bonchev–Trinajstić information content (AvgIpc) is 3.11. The zero-order chi connectivity index (χ0) is 20.0. The number of fused-ring (bicyclic) bond motifs is 1. The van der Waals surface area contributed by atoms with E-state index in [1.165, 1.54) is 22.8 Å². The van der Waals surface area contributed by atoms with Crippen molar-refractivity contribution in [2.24, 2.45) is 0 Å². The first-order chi connectivity index (χ1) is 13.4. The highest BCUT2D eigenvalue weighted by atomic mass is 19.1. The van der Waals surface area contributed by atoms with Crippen molar-refractivity contribution in [1.82, 2.24) is 14.7 Å². The molecule has 2 heterocycles. The lowest BCUT2D eigenvalue weighted by Gasteiger charge is -2.11. The van der Waals surface area contributed by atoms with E-state index >= 15 is 0 Å². The molecule has 0 spiro atoms. The normalized spacial score (nSPS) is 11.3. The molecule has 7 heteroatoms. The first kappa shape index (κ1) is 17.9. The number of aryl methyl sites for hydroxylation is 3. The van der Waals surface area contributed by atoms with Gasteiger partial charge in [-0.15, -0.1) is 0 Å². The van der Waals surface area contributed by atoms with Gasteiger partial charge in [0, 0.05) is 17.5 Å². The second-order valence-electron chi connectivity index (χ2n) is 6.68. The molecule has 4 rings (SSSR count). The average molecular weight is 379 g/mol. The molecule has 0 unspecified atom stereocenters. The van der Waals surface area contributed by atoms with Crippen LogP contribution in [0.25, 0.3) is 33.7 Å². The maximum absolute atomic E-state index is 13.7. The minimum Gasteiger partial charge on any atom is -0.506 e. The number of pyridine rings is 1. The van der Waals surface area contributed by atoms with Gasteiger partial charge in [0.1, 0.15) is 17.1 Å². The van der Waals surface area contributed by atoms with Crippen molar-refractivity contribution in [3.05, 3.63) is 63.7 Å². The summed E-state index contributed by atoms with van der Waals surface area (Å²) in [5, 5.41) is 15.0. The first-order valence-electron chi connectivity index (χ1n) is 8.87. The Morgan fingerprint density at radius 1 is 1.18 bits per heavy atom. The summed E-state index contributed by atoms with van der Waals surface area (Å²) in [6.45, 7) is 5.98. The van der Waals surface area contributed by atoms with Gasteiger partial charge in [-0.1, -0.05) is 28.9 Å². The number of hydrogen-bond donors (Lipinski definition) is 1. The van der Waals surface area contributed by atoms with Crippen LogP contribution in [0, 0.1) is 19.7 Å². The summed E-state index contributed by atoms with van der Waals surface area (Å²) in [5.41, 5.74) is 2.55. The summed E-state index contributed by atoms with van der Waals surface area (Å²) < 4.78 is 20.3. The molecule has 28 heavy (non-hydrogen) atoms. The van der Waals surface area contributed by atoms with Gasteiger partial charge < -0.3 is 14.2 Å². The van der Waals surface area contributed by atoms with Gasteiger partial charge in [0.2, 0.25) is 5.82 Å². The SMILES string of the molecule is CCn1c(=O)c(-c2nc(-c3ccc(C)cc3C)no2)c(O)c2ccc(F)cc21. The first-order valence-corrected chi connectivity index (χ1v) is 8.87. The van der Waals surface area contributed by atoms with Crippen LogP contribution in [-0.2, 0) is 6.54 Å². The molecule has 0 fully saturated rings. The van der Waals surface area contributed by atoms with E-state index in [4.69, 9.17) is 4.52 Å². The molecule has 0 saturated heterocycles. The van der Waals surface area contributed by atoms with E-state index < -0.39 is 11.4 Å². The molecule has 142 valence electrons. The molecule has 4 aromatic rings. The maximum atomic E-state index is 13.7. The number of rotatable bonds is 3. The quantitative estimate of drug-likeness (QED) is 0.577. The van der Waals surface area contributed by atoms with Crippen LogP contribution in [0.15, 0.2) is 45.7 Å². The molecule has 0 radical (unpaired) electrons. The van der Waals surface area contributed by atoms with Gasteiger partial charge in [-0.3, -0.25) is 4.79 Å². The van der Waals surface area contributed by atoms with Crippen LogP contribution in [0.4, 0.5) is 4.39 Å². The third-order valence-electron chi connectivity index (χ3n) is 4.78. The van der Waals surface area contributed by atoms with Crippen LogP contribution in [0.5, 0.6) is 5.75 Å². The molecule has 0 saturated carbocycles. The largest absolute Gasteiger partial charge is 0.506 e. The summed E-state index contributed by atoms with van der Waals surface area (Å²) in [4.78, 5) is 17.3. The summed E-state index contributed by atoms with van der Waals surface area (Å²) in [6.07, 6.45) is 0. The Morgan fingerprint density at radius 3 is 2.68 bits per heavy atom. The standard InChI is InChI=1S/C21H18FN3O3/c1-4-25-16-10-13(22)6-8-15(16)18(26)17(21(25)27)20-23-19(24-28-20)14-7-5-11(2)9-12(14)3/h5-10,26H,4H2,1-3H3. The highest BCUT2D eigenvalue weighted by Gasteiger charge is 2.23. The van der Waals surface area contributed by atoms with Crippen molar-refractivity contribution in [3.8, 4) is 28.6 Å². The number of hydrogen-bond acceptors (Lipinski definition) is 5. The van der Waals surface area contributed by atoms with Crippen molar-refractivity contribution in [2.45, 2.75) is 27.3 Å². The Hall–Kier alpha value is -3.48. The van der Waals surface area contributed by atoms with Gasteiger partial charge in [0.05, 0.1) is 5.52 Å². The Bertz CT molecular complexity index is 1270. The van der Waals surface area contributed by atoms with Crippen molar-refractivity contribution in [3.63, 3.8) is 0 Å². The predicted molar refractivity (Wildman–Crippen MR) is 104 cm³/mol. The highest BCUT2D eigenvalue weighted by molar-refractivity contribution is 5.91. The van der Waals surface area contributed by atoms with Gasteiger partial charge in [0.15, 0.2) is 0 Å². The number of aromatic nitrogens is 3. The summed E-state index contributed by atoms with van der Waals surface area (Å²) in [7, 11) is 0. The van der Waals surface area contributed by atoms with Gasteiger partial charge in [-0.2, -0.15) is 4.98 Å². The van der Waals surface area contributed by atoms with Crippen molar-refractivity contribution < 1.29 is 14.0 Å². The van der Waals surface area contributed by atoms with Gasteiger partial charge in [0.25, 0.3) is 11.4 Å². The zero-order valence-corrected chi connectivity index (χ0v) is 15.7. The Balaban J connectivity index is 1.94. The van der Waals surface area contributed by atoms with Gasteiger partial charge in [-0.25, -0.2) is 4.39 Å². The van der Waals surface area contributed by atoms with Crippen LogP contribution in [0.1, 0.15) is 18.1 Å². The van der Waals surface area contributed by atoms with Crippen LogP contribution in [0.3, 0.4) is 0 Å². The van der Waals surface area contributed by atoms with Gasteiger partial charge in [-0.05, 0) is 44.5 Å². The molecule has 1 N–H and O–H groups in total. The van der Waals surface area contributed by atoms with Crippen LogP contribution < -0.4 is 5.56 Å². The number of benzene rings is 2. The van der Waals surface area contributed by atoms with Gasteiger partial charge >= 0.3 is 0 Å². The summed E-state index contributed by atoms with van der Waals surface area (Å²) in [6, 6.07) is 9.69. The monoisotopic (exact) mass is 379 g/mol. The Kier molecular flexibility index (Phi) is 4.22. The van der Waals surface area contributed by atoms with Crippen molar-refractivity contribution >= 4 is 10.9 Å². The van der Waals surface area contributed by atoms with E-state index in [1.54, 1.807) is 6.92 Å². The zero-order valence-electron chi connectivity index (χ0n) is 15.7. The lowest BCUT2D eigenvalue weighted by atomic mass is 10.1. The van der Waals surface area contributed by atoms with Crippen molar-refractivity contribution in [2.75, 3.05) is 0 Å². The minimum absolute atomic E-state index is 0.0779. The highest BCUT2D eigenvalue weighted by Crippen LogP contribution is 2.33. The van der Waals surface area contributed by atoms with Crippen LogP contribution >= 0.6 is 0 Å². The second-order valence-corrected chi connectivity index (χ2v) is 6.68. The predicted octanol–water partition coefficient (Wildman–Crippen LogP) is 4.20. The van der Waals surface area contributed by atoms with E-state index in [0.717, 1.165) is 16.7 Å².